The molecule has 0 amide bonds. The summed E-state index contributed by atoms with van der Waals surface area (Å²) < 4.78 is 16.9. The summed E-state index contributed by atoms with van der Waals surface area (Å²) >= 11 is 0. The molecule has 0 radical (unpaired) electrons. The van der Waals surface area contributed by atoms with Crippen molar-refractivity contribution in [3.05, 3.63) is 72.9 Å². The lowest BCUT2D eigenvalue weighted by atomic mass is 10.0. The van der Waals surface area contributed by atoms with E-state index < -0.39 is 6.10 Å². The maximum Gasteiger partial charge on any atom is 0.306 e. The van der Waals surface area contributed by atoms with E-state index in [0.717, 1.165) is 77.0 Å². The van der Waals surface area contributed by atoms with Crippen molar-refractivity contribution in [2.45, 2.75) is 361 Å². The molecule has 0 aromatic heterocycles. The minimum atomic E-state index is -0.805. The maximum atomic E-state index is 12.9. The Morgan fingerprint density at radius 3 is 0.772 bits per heavy atom. The van der Waals surface area contributed by atoms with E-state index in [0.29, 0.717) is 19.3 Å². The van der Waals surface area contributed by atoms with Crippen molar-refractivity contribution in [3.63, 3.8) is 0 Å². The third kappa shape index (κ3) is 65.5. The predicted octanol–water partition coefficient (Wildman–Crippen LogP) is 23.7. The van der Waals surface area contributed by atoms with Crippen LogP contribution in [0.4, 0.5) is 0 Å². The van der Waals surface area contributed by atoms with Gasteiger partial charge in [-0.05, 0) is 57.8 Å². The maximum absolute atomic E-state index is 12.9. The molecule has 0 aliphatic rings. The minimum Gasteiger partial charge on any atom is -0.462 e. The quantitative estimate of drug-likeness (QED) is 0.0261. The van der Waals surface area contributed by atoms with Gasteiger partial charge in [0.05, 0.1) is 0 Å². The van der Waals surface area contributed by atoms with Crippen LogP contribution in [0.3, 0.4) is 0 Å². The van der Waals surface area contributed by atoms with Crippen molar-refractivity contribution >= 4 is 17.9 Å². The van der Waals surface area contributed by atoms with E-state index in [1.165, 1.54) is 231 Å². The summed E-state index contributed by atoms with van der Waals surface area (Å²) in [5.41, 5.74) is 0. The van der Waals surface area contributed by atoms with E-state index >= 15 is 0 Å². The minimum absolute atomic E-state index is 0.0937. The van der Waals surface area contributed by atoms with Crippen LogP contribution in [0.25, 0.3) is 0 Å². The Bertz CT molecular complexity index is 1450. The molecule has 0 N–H and O–H groups in total. The van der Waals surface area contributed by atoms with Crippen LogP contribution in [0.1, 0.15) is 355 Å². The van der Waals surface area contributed by atoms with Crippen molar-refractivity contribution in [3.8, 4) is 0 Å². The lowest BCUT2D eigenvalue weighted by molar-refractivity contribution is -0.166. The first-order valence-electron chi connectivity index (χ1n) is 34.4. The number of hydrogen-bond donors (Lipinski definition) is 0. The van der Waals surface area contributed by atoms with E-state index in [-0.39, 0.29) is 37.5 Å². The highest BCUT2D eigenvalue weighted by molar-refractivity contribution is 5.71. The Hall–Kier alpha value is -3.15. The molecular formula is C73H130O6. The van der Waals surface area contributed by atoms with Gasteiger partial charge in [-0.15, -0.1) is 0 Å². The van der Waals surface area contributed by atoms with Crippen LogP contribution in [0.2, 0.25) is 0 Å². The van der Waals surface area contributed by atoms with Crippen molar-refractivity contribution in [1.82, 2.24) is 0 Å². The highest BCUT2D eigenvalue weighted by Crippen LogP contribution is 2.18. The Morgan fingerprint density at radius 2 is 0.494 bits per heavy atom. The zero-order valence-corrected chi connectivity index (χ0v) is 52.6. The smallest absolute Gasteiger partial charge is 0.306 e. The first kappa shape index (κ1) is 75.8. The van der Waals surface area contributed by atoms with Gasteiger partial charge in [0.1, 0.15) is 13.2 Å². The molecule has 458 valence electrons. The number of rotatable bonds is 63. The van der Waals surface area contributed by atoms with Crippen molar-refractivity contribution in [2.24, 2.45) is 0 Å². The molecule has 6 heteroatoms. The zero-order valence-electron chi connectivity index (χ0n) is 52.6. The molecule has 1 atom stereocenters. The summed E-state index contributed by atoms with van der Waals surface area (Å²) in [5, 5.41) is 0. The molecule has 0 heterocycles. The van der Waals surface area contributed by atoms with E-state index in [4.69, 9.17) is 14.2 Å². The van der Waals surface area contributed by atoms with E-state index in [1.807, 2.05) is 6.08 Å². The van der Waals surface area contributed by atoms with Crippen LogP contribution in [-0.4, -0.2) is 37.2 Å². The first-order valence-corrected chi connectivity index (χ1v) is 34.4. The topological polar surface area (TPSA) is 78.9 Å². The van der Waals surface area contributed by atoms with Gasteiger partial charge in [-0.3, -0.25) is 14.4 Å². The zero-order chi connectivity index (χ0) is 57.1. The number of allylic oxidation sites excluding steroid dienone is 12. The van der Waals surface area contributed by atoms with Gasteiger partial charge in [0.2, 0.25) is 0 Å². The normalized spacial score (nSPS) is 12.5. The third-order valence-electron chi connectivity index (χ3n) is 15.2. The van der Waals surface area contributed by atoms with Crippen LogP contribution in [0.5, 0.6) is 0 Å². The first-order chi connectivity index (χ1) is 39.0. The Labute approximate surface area is 491 Å². The summed E-state index contributed by atoms with van der Waals surface area (Å²) in [6.45, 7) is 6.53. The standard InChI is InChI=1S/C73H130O6/c1-4-7-10-13-16-19-22-25-28-31-34-36-39-42-45-48-51-54-57-60-63-66-72(75)78-69-70(68-77-71(74)65-62-59-56-53-50-47-44-41-38-33-30-27-24-21-18-15-12-9-6-3)79-73(76)67-64-61-58-55-52-49-46-43-40-37-35-32-29-26-23-20-17-14-11-8-5-2/h9,12,18,21,27,30,38,41,47,50,56,59,70H,4-8,10-11,13-17,19-20,22-26,28-29,31-37,39-40,42-46,48-49,51-55,57-58,60-69H2,1-3H3/b12-9-,21-18-,30-27-,41-38-,50-47-,59-56-/t70-/m1/s1. The number of unbranched alkanes of at least 4 members (excludes halogenated alkanes) is 40. The predicted molar refractivity (Wildman–Crippen MR) is 344 cm³/mol. The molecule has 0 aromatic carbocycles. The average Bonchev–Trinajstić information content (AvgIpc) is 3.45. The van der Waals surface area contributed by atoms with Gasteiger partial charge in [0, 0.05) is 19.3 Å². The Balaban J connectivity index is 4.41. The second kappa shape index (κ2) is 67.4. The Morgan fingerprint density at radius 1 is 0.266 bits per heavy atom. The molecule has 0 bridgehead atoms. The van der Waals surface area contributed by atoms with Crippen molar-refractivity contribution in [2.75, 3.05) is 13.2 Å². The SMILES string of the molecule is CC/C=C\C/C=C\C/C=C\C/C=C\C/C=C\C/C=C\CCC(=O)OC[C@H](COC(=O)CCCCCCCCCCCCCCCCCCCCCCC)OC(=O)CCCCCCCCCCCCCCCCCCCCCCC. The van der Waals surface area contributed by atoms with Gasteiger partial charge in [0.25, 0.3) is 0 Å². The van der Waals surface area contributed by atoms with E-state index in [2.05, 4.69) is 87.6 Å². The van der Waals surface area contributed by atoms with Gasteiger partial charge in [-0.2, -0.15) is 0 Å². The number of esters is 3. The molecule has 0 aromatic rings. The highest BCUT2D eigenvalue weighted by Gasteiger charge is 2.19. The van der Waals surface area contributed by atoms with Crippen LogP contribution in [0, 0.1) is 0 Å². The Kier molecular flexibility index (Phi) is 64.7. The number of carbonyl (C=O) groups excluding carboxylic acids is 3. The molecule has 0 saturated carbocycles. The molecule has 0 spiro atoms. The number of hydrogen-bond acceptors (Lipinski definition) is 6. The third-order valence-corrected chi connectivity index (χ3v) is 15.2. The van der Waals surface area contributed by atoms with Gasteiger partial charge in [0.15, 0.2) is 6.10 Å². The monoisotopic (exact) mass is 1100 g/mol. The molecule has 6 nitrogen and oxygen atoms in total. The van der Waals surface area contributed by atoms with Gasteiger partial charge < -0.3 is 14.2 Å². The second-order valence-electron chi connectivity index (χ2n) is 23.1. The molecule has 0 unspecified atom stereocenters. The molecule has 0 saturated heterocycles. The molecule has 0 fully saturated rings. The van der Waals surface area contributed by atoms with Crippen LogP contribution < -0.4 is 0 Å². The number of carbonyl (C=O) groups is 3. The lowest BCUT2D eigenvalue weighted by Gasteiger charge is -2.18. The average molecular weight is 1100 g/mol. The fraction of sp³-hybridized carbons (Fsp3) is 0.795. The fourth-order valence-electron chi connectivity index (χ4n) is 10.1. The molecule has 0 rings (SSSR count). The number of ether oxygens (including phenoxy) is 3. The summed E-state index contributed by atoms with van der Waals surface area (Å²) in [4.78, 5) is 38.4. The summed E-state index contributed by atoms with van der Waals surface area (Å²) in [7, 11) is 0. The molecular weight excluding hydrogens is 973 g/mol. The van der Waals surface area contributed by atoms with Crippen LogP contribution >= 0.6 is 0 Å². The molecule has 0 aliphatic carbocycles. The molecule has 0 aliphatic heterocycles. The van der Waals surface area contributed by atoms with Crippen LogP contribution in [0.15, 0.2) is 72.9 Å². The summed E-state index contributed by atoms with van der Waals surface area (Å²) in [6, 6.07) is 0. The fourth-order valence-corrected chi connectivity index (χ4v) is 10.1. The molecule has 79 heavy (non-hydrogen) atoms. The van der Waals surface area contributed by atoms with Gasteiger partial charge in [-0.1, -0.05) is 351 Å². The summed E-state index contributed by atoms with van der Waals surface area (Å²) in [6.07, 6.45) is 87.9. The van der Waals surface area contributed by atoms with E-state index in [9.17, 15) is 14.4 Å². The van der Waals surface area contributed by atoms with Crippen molar-refractivity contribution in [1.29, 1.82) is 0 Å². The lowest BCUT2D eigenvalue weighted by Crippen LogP contribution is -2.30. The second-order valence-corrected chi connectivity index (χ2v) is 23.1. The van der Waals surface area contributed by atoms with E-state index in [1.54, 1.807) is 0 Å². The largest absolute Gasteiger partial charge is 0.462 e. The van der Waals surface area contributed by atoms with Crippen LogP contribution in [-0.2, 0) is 28.6 Å². The summed E-state index contributed by atoms with van der Waals surface area (Å²) in [5.74, 6) is -0.958. The van der Waals surface area contributed by atoms with Gasteiger partial charge >= 0.3 is 17.9 Å². The van der Waals surface area contributed by atoms with Crippen molar-refractivity contribution < 1.29 is 28.6 Å². The van der Waals surface area contributed by atoms with Gasteiger partial charge in [-0.25, -0.2) is 0 Å². The highest BCUT2D eigenvalue weighted by atomic mass is 16.6.